The minimum Gasteiger partial charge on any atom is -0.454 e. The summed E-state index contributed by atoms with van der Waals surface area (Å²) in [5, 5.41) is 8.88. The number of nitrogens with zero attached hydrogens (tertiary/aromatic N) is 2. The Hall–Kier alpha value is -8.86. The van der Waals surface area contributed by atoms with Crippen LogP contribution in [0.15, 0.2) is 251 Å². The van der Waals surface area contributed by atoms with Crippen molar-refractivity contribution in [2.24, 2.45) is 0 Å². The van der Waals surface area contributed by atoms with Gasteiger partial charge in [0.25, 0.3) is 0 Å². The van der Waals surface area contributed by atoms with Crippen LogP contribution in [-0.4, -0.2) is 0 Å². The van der Waals surface area contributed by atoms with Crippen LogP contribution >= 0.6 is 0 Å². The zero-order chi connectivity index (χ0) is 43.6. The monoisotopic (exact) mass is 844 g/mol. The SMILES string of the molecule is c1ccc(-c2ccc(N(c3cc(N(c4ccc(-c5ccccc5)cc4)c4cccc5c4oc4ccccc45)c4c(ccc5ccccc54)c3)c3cccc4c3oc3ccccc34)cc2)cc1. The molecule has 13 rings (SSSR count). The van der Waals surface area contributed by atoms with Crippen LogP contribution in [0.5, 0.6) is 0 Å². The van der Waals surface area contributed by atoms with Gasteiger partial charge in [-0.05, 0) is 99.1 Å². The van der Waals surface area contributed by atoms with Crippen LogP contribution in [0.25, 0.3) is 87.7 Å². The summed E-state index contributed by atoms with van der Waals surface area (Å²) in [5.74, 6) is 0. The average molecular weight is 845 g/mol. The molecule has 0 amide bonds. The molecule has 13 aromatic rings. The summed E-state index contributed by atoms with van der Waals surface area (Å²) in [6.45, 7) is 0. The number of rotatable bonds is 8. The highest BCUT2D eigenvalue weighted by molar-refractivity contribution is 6.19. The Morgan fingerprint density at radius 2 is 0.697 bits per heavy atom. The lowest BCUT2D eigenvalue weighted by Crippen LogP contribution is -2.14. The molecule has 0 saturated carbocycles. The minimum atomic E-state index is 0.824. The molecule has 2 heterocycles. The van der Waals surface area contributed by atoms with Crippen molar-refractivity contribution in [1.82, 2.24) is 0 Å². The van der Waals surface area contributed by atoms with Gasteiger partial charge >= 0.3 is 0 Å². The highest BCUT2D eigenvalue weighted by Crippen LogP contribution is 2.50. The van der Waals surface area contributed by atoms with Gasteiger partial charge in [-0.2, -0.15) is 0 Å². The Morgan fingerprint density at radius 1 is 0.258 bits per heavy atom. The molecule has 4 heteroatoms. The molecule has 66 heavy (non-hydrogen) atoms. The Labute approximate surface area is 381 Å². The lowest BCUT2D eigenvalue weighted by Gasteiger charge is -2.31. The summed E-state index contributed by atoms with van der Waals surface area (Å²) in [5.41, 5.74) is 13.9. The molecule has 0 aliphatic rings. The van der Waals surface area contributed by atoms with Crippen molar-refractivity contribution in [3.63, 3.8) is 0 Å². The first-order valence-corrected chi connectivity index (χ1v) is 22.4. The number of para-hydroxylation sites is 4. The largest absolute Gasteiger partial charge is 0.454 e. The molecular weight excluding hydrogens is 805 g/mol. The van der Waals surface area contributed by atoms with Crippen molar-refractivity contribution >= 4 is 99.5 Å². The number of hydrogen-bond donors (Lipinski definition) is 0. The summed E-state index contributed by atoms with van der Waals surface area (Å²) >= 11 is 0. The van der Waals surface area contributed by atoms with Crippen LogP contribution in [0.3, 0.4) is 0 Å². The topological polar surface area (TPSA) is 32.8 Å². The molecule has 0 fully saturated rings. The number of hydrogen-bond acceptors (Lipinski definition) is 4. The average Bonchev–Trinajstić information content (AvgIpc) is 3.97. The molecule has 310 valence electrons. The molecular formula is C62H40N2O2. The van der Waals surface area contributed by atoms with Crippen LogP contribution in [-0.2, 0) is 0 Å². The predicted molar refractivity (Wildman–Crippen MR) is 276 cm³/mol. The second-order valence-electron chi connectivity index (χ2n) is 16.9. The predicted octanol–water partition coefficient (Wildman–Crippen LogP) is 18.1. The normalized spacial score (nSPS) is 11.6. The van der Waals surface area contributed by atoms with Crippen molar-refractivity contribution in [2.75, 3.05) is 9.80 Å². The van der Waals surface area contributed by atoms with Gasteiger partial charge in [-0.1, -0.05) is 182 Å². The maximum Gasteiger partial charge on any atom is 0.159 e. The zero-order valence-electron chi connectivity index (χ0n) is 35.8. The number of furan rings is 2. The number of fused-ring (bicyclic) bond motifs is 9. The molecule has 0 unspecified atom stereocenters. The van der Waals surface area contributed by atoms with E-state index in [1.165, 1.54) is 16.5 Å². The third kappa shape index (κ3) is 6.22. The van der Waals surface area contributed by atoms with Gasteiger partial charge in [0.05, 0.1) is 17.1 Å². The smallest absolute Gasteiger partial charge is 0.159 e. The van der Waals surface area contributed by atoms with Crippen LogP contribution in [0.4, 0.5) is 34.1 Å². The molecule has 0 aliphatic heterocycles. The lowest BCUT2D eigenvalue weighted by atomic mass is 9.97. The fourth-order valence-corrected chi connectivity index (χ4v) is 9.93. The van der Waals surface area contributed by atoms with E-state index >= 15 is 0 Å². The van der Waals surface area contributed by atoms with E-state index in [9.17, 15) is 0 Å². The maximum absolute atomic E-state index is 6.88. The molecule has 4 nitrogen and oxygen atoms in total. The van der Waals surface area contributed by atoms with E-state index in [1.54, 1.807) is 0 Å². The second-order valence-corrected chi connectivity index (χ2v) is 16.9. The summed E-state index contributed by atoms with van der Waals surface area (Å²) < 4.78 is 13.7. The standard InChI is InChI=1S/C62H40N2O2/c1-3-15-41(16-4-1)43-31-35-47(36-32-43)63(55-25-13-23-53-51-21-9-11-27-58(51)65-61(53)55)49-39-46-30-29-45-19-7-8-20-50(45)60(46)57(40-49)64(48-37-33-44(34-38-48)42-17-5-2-6-18-42)56-26-14-24-54-52-22-10-12-28-59(52)66-62(54)56/h1-40H. The van der Waals surface area contributed by atoms with Gasteiger partial charge in [-0.15, -0.1) is 0 Å². The Balaban J connectivity index is 1.12. The van der Waals surface area contributed by atoms with Crippen LogP contribution in [0.1, 0.15) is 0 Å². The maximum atomic E-state index is 6.88. The quantitative estimate of drug-likeness (QED) is 0.143. The molecule has 0 radical (unpaired) electrons. The first-order chi connectivity index (χ1) is 32.7. The van der Waals surface area contributed by atoms with E-state index < -0.39 is 0 Å². The molecule has 0 bridgehead atoms. The van der Waals surface area contributed by atoms with Gasteiger partial charge in [0.15, 0.2) is 11.2 Å². The highest BCUT2D eigenvalue weighted by Gasteiger charge is 2.26. The molecule has 2 aromatic heterocycles. The summed E-state index contributed by atoms with van der Waals surface area (Å²) in [7, 11) is 0. The van der Waals surface area contributed by atoms with Gasteiger partial charge in [0, 0.05) is 44.0 Å². The fraction of sp³-hybridized carbons (Fsp3) is 0. The van der Waals surface area contributed by atoms with Crippen molar-refractivity contribution in [3.05, 3.63) is 243 Å². The molecule has 0 atom stereocenters. The van der Waals surface area contributed by atoms with Gasteiger partial charge in [0.1, 0.15) is 11.2 Å². The summed E-state index contributed by atoms with van der Waals surface area (Å²) in [6.07, 6.45) is 0. The van der Waals surface area contributed by atoms with Crippen LogP contribution in [0, 0.1) is 0 Å². The molecule has 0 saturated heterocycles. The Bertz CT molecular complexity index is 3930. The van der Waals surface area contributed by atoms with E-state index in [2.05, 4.69) is 240 Å². The molecule has 0 aliphatic carbocycles. The van der Waals surface area contributed by atoms with E-state index in [0.717, 1.165) is 105 Å². The first kappa shape index (κ1) is 37.7. The fourth-order valence-electron chi connectivity index (χ4n) is 9.93. The summed E-state index contributed by atoms with van der Waals surface area (Å²) in [4.78, 5) is 4.76. The number of anilines is 6. The molecule has 0 spiro atoms. The lowest BCUT2D eigenvalue weighted by molar-refractivity contribution is 0.669. The summed E-state index contributed by atoms with van der Waals surface area (Å²) in [6, 6.07) is 86.4. The van der Waals surface area contributed by atoms with E-state index in [4.69, 9.17) is 8.83 Å². The number of benzene rings is 11. The van der Waals surface area contributed by atoms with Crippen molar-refractivity contribution in [1.29, 1.82) is 0 Å². The third-order valence-corrected chi connectivity index (χ3v) is 13.0. The van der Waals surface area contributed by atoms with Crippen LogP contribution < -0.4 is 9.80 Å². The van der Waals surface area contributed by atoms with Gasteiger partial charge in [0.2, 0.25) is 0 Å². The van der Waals surface area contributed by atoms with Crippen molar-refractivity contribution < 1.29 is 8.83 Å². The van der Waals surface area contributed by atoms with E-state index in [1.807, 2.05) is 12.1 Å². The van der Waals surface area contributed by atoms with Crippen LogP contribution in [0.2, 0.25) is 0 Å². The highest BCUT2D eigenvalue weighted by atomic mass is 16.3. The van der Waals surface area contributed by atoms with Gasteiger partial charge in [-0.25, -0.2) is 0 Å². The Morgan fingerprint density at radius 3 is 1.27 bits per heavy atom. The first-order valence-electron chi connectivity index (χ1n) is 22.4. The van der Waals surface area contributed by atoms with E-state index in [-0.39, 0.29) is 0 Å². The van der Waals surface area contributed by atoms with Gasteiger partial charge < -0.3 is 18.6 Å². The van der Waals surface area contributed by atoms with Crippen molar-refractivity contribution in [3.8, 4) is 22.3 Å². The molecule has 11 aromatic carbocycles. The zero-order valence-corrected chi connectivity index (χ0v) is 35.8. The van der Waals surface area contributed by atoms with Crippen molar-refractivity contribution in [2.45, 2.75) is 0 Å². The third-order valence-electron chi connectivity index (χ3n) is 13.0. The second kappa shape index (κ2) is 15.4. The minimum absolute atomic E-state index is 0.824. The molecule has 0 N–H and O–H groups in total. The Kier molecular flexibility index (Phi) is 8.81. The van der Waals surface area contributed by atoms with Gasteiger partial charge in [-0.3, -0.25) is 0 Å². The van der Waals surface area contributed by atoms with E-state index in [0.29, 0.717) is 0 Å².